The van der Waals surface area contributed by atoms with Crippen molar-refractivity contribution in [3.8, 4) is 0 Å². The maximum absolute atomic E-state index is 8.96. The van der Waals surface area contributed by atoms with E-state index in [-0.39, 0.29) is 0 Å². The van der Waals surface area contributed by atoms with Gasteiger partial charge in [-0.25, -0.2) is 0 Å². The Morgan fingerprint density at radius 2 is 2.07 bits per heavy atom. The summed E-state index contributed by atoms with van der Waals surface area (Å²) in [5, 5.41) is 8.96. The van der Waals surface area contributed by atoms with Crippen LogP contribution in [-0.2, 0) is 0 Å². The van der Waals surface area contributed by atoms with Crippen molar-refractivity contribution in [2.75, 3.05) is 32.8 Å². The zero-order valence-corrected chi connectivity index (χ0v) is 9.28. The normalized spacial score (nSPS) is 22.5. The van der Waals surface area contributed by atoms with Crippen LogP contribution in [0, 0.1) is 11.8 Å². The Balaban J connectivity index is 2.15. The Hall–Kier alpha value is -0.120. The van der Waals surface area contributed by atoms with Gasteiger partial charge in [-0.3, -0.25) is 0 Å². The van der Waals surface area contributed by atoms with Crippen molar-refractivity contribution >= 4 is 0 Å². The van der Waals surface area contributed by atoms with Gasteiger partial charge in [0.15, 0.2) is 0 Å². The fraction of sp³-hybridized carbons (Fsp3) is 1.00. The molecule has 0 saturated carbocycles. The summed E-state index contributed by atoms with van der Waals surface area (Å²) in [6.45, 7) is 6.67. The molecule has 0 bridgehead atoms. The molecule has 0 amide bonds. The molecule has 14 heavy (non-hydrogen) atoms. The molecule has 1 saturated heterocycles. The molecule has 1 unspecified atom stereocenters. The molecule has 3 nitrogen and oxygen atoms in total. The summed E-state index contributed by atoms with van der Waals surface area (Å²) in [6.07, 6.45) is 3.76. The first-order valence-electron chi connectivity index (χ1n) is 5.79. The average Bonchev–Trinajstić information content (AvgIpc) is 2.21. The van der Waals surface area contributed by atoms with Crippen LogP contribution in [-0.4, -0.2) is 42.8 Å². The molecule has 0 radical (unpaired) electrons. The van der Waals surface area contributed by atoms with Gasteiger partial charge in [0, 0.05) is 13.2 Å². The van der Waals surface area contributed by atoms with Crippen molar-refractivity contribution in [1.29, 1.82) is 0 Å². The summed E-state index contributed by atoms with van der Waals surface area (Å²) < 4.78 is 0. The van der Waals surface area contributed by atoms with Crippen LogP contribution in [0.5, 0.6) is 0 Å². The van der Waals surface area contributed by atoms with Gasteiger partial charge >= 0.3 is 0 Å². The first-order valence-corrected chi connectivity index (χ1v) is 5.79. The van der Waals surface area contributed by atoms with E-state index >= 15 is 0 Å². The maximum Gasteiger partial charge on any atom is 0.0468 e. The Bertz CT molecular complexity index is 144. The van der Waals surface area contributed by atoms with Crippen LogP contribution in [0.1, 0.15) is 26.2 Å². The number of nitrogens with two attached hydrogens (primary N) is 1. The second kappa shape index (κ2) is 6.38. The Morgan fingerprint density at radius 1 is 1.43 bits per heavy atom. The molecule has 84 valence electrons. The van der Waals surface area contributed by atoms with E-state index in [9.17, 15) is 0 Å². The molecule has 3 heteroatoms. The Kier molecular flexibility index (Phi) is 5.45. The van der Waals surface area contributed by atoms with Gasteiger partial charge in [-0.05, 0) is 50.7 Å². The largest absolute Gasteiger partial charge is 0.396 e. The molecule has 0 spiro atoms. The lowest BCUT2D eigenvalue weighted by Crippen LogP contribution is -2.37. The predicted molar refractivity (Wildman–Crippen MR) is 59.1 cm³/mol. The average molecular weight is 200 g/mol. The van der Waals surface area contributed by atoms with Gasteiger partial charge < -0.3 is 15.7 Å². The monoisotopic (exact) mass is 200 g/mol. The third kappa shape index (κ3) is 3.95. The van der Waals surface area contributed by atoms with Gasteiger partial charge in [-0.1, -0.05) is 6.92 Å². The maximum atomic E-state index is 8.96. The number of hydrogen-bond acceptors (Lipinski definition) is 3. The van der Waals surface area contributed by atoms with Gasteiger partial charge in [0.1, 0.15) is 0 Å². The molecule has 1 heterocycles. The van der Waals surface area contributed by atoms with Crippen LogP contribution in [0.4, 0.5) is 0 Å². The van der Waals surface area contributed by atoms with Gasteiger partial charge in [-0.2, -0.15) is 0 Å². The minimum Gasteiger partial charge on any atom is -0.396 e. The zero-order chi connectivity index (χ0) is 10.4. The van der Waals surface area contributed by atoms with Crippen molar-refractivity contribution < 1.29 is 5.11 Å². The standard InChI is InChI=1S/C11H24N2O/c1-10(9-14)8-13-6-3-11(2-5-12)4-7-13/h10-11,14H,2-9,12H2,1H3. The minimum absolute atomic E-state index is 0.308. The summed E-state index contributed by atoms with van der Waals surface area (Å²) in [6, 6.07) is 0. The quantitative estimate of drug-likeness (QED) is 0.686. The van der Waals surface area contributed by atoms with E-state index in [1.54, 1.807) is 0 Å². The van der Waals surface area contributed by atoms with Crippen LogP contribution < -0.4 is 5.73 Å². The Morgan fingerprint density at radius 3 is 2.57 bits per heavy atom. The highest BCUT2D eigenvalue weighted by atomic mass is 16.3. The number of piperidine rings is 1. The highest BCUT2D eigenvalue weighted by Gasteiger charge is 2.19. The molecule has 1 atom stereocenters. The minimum atomic E-state index is 0.308. The smallest absolute Gasteiger partial charge is 0.0468 e. The second-order valence-electron chi connectivity index (χ2n) is 4.61. The molecule has 1 aliphatic rings. The van der Waals surface area contributed by atoms with E-state index < -0.39 is 0 Å². The van der Waals surface area contributed by atoms with E-state index in [0.29, 0.717) is 12.5 Å². The molecule has 3 N–H and O–H groups in total. The summed E-state index contributed by atoms with van der Waals surface area (Å²) in [4.78, 5) is 2.47. The molecule has 0 aromatic carbocycles. The molecule has 1 rings (SSSR count). The molecule has 0 aromatic heterocycles. The van der Waals surface area contributed by atoms with E-state index in [0.717, 1.165) is 19.0 Å². The third-order valence-corrected chi connectivity index (χ3v) is 3.16. The lowest BCUT2D eigenvalue weighted by molar-refractivity contribution is 0.133. The molecule has 1 aliphatic heterocycles. The number of aliphatic hydroxyl groups excluding tert-OH is 1. The lowest BCUT2D eigenvalue weighted by Gasteiger charge is -2.33. The number of likely N-dealkylation sites (tertiary alicyclic amines) is 1. The molecular weight excluding hydrogens is 176 g/mol. The number of rotatable bonds is 5. The van der Waals surface area contributed by atoms with Crippen LogP contribution in [0.3, 0.4) is 0 Å². The van der Waals surface area contributed by atoms with Gasteiger partial charge in [0.25, 0.3) is 0 Å². The fourth-order valence-electron chi connectivity index (χ4n) is 2.19. The van der Waals surface area contributed by atoms with E-state index in [1.165, 1.54) is 32.4 Å². The summed E-state index contributed by atoms with van der Waals surface area (Å²) in [5.41, 5.74) is 5.55. The number of aliphatic hydroxyl groups is 1. The molecule has 0 aliphatic carbocycles. The van der Waals surface area contributed by atoms with Crippen LogP contribution in [0.25, 0.3) is 0 Å². The Labute approximate surface area is 87.3 Å². The van der Waals surface area contributed by atoms with E-state index in [1.807, 2.05) is 0 Å². The second-order valence-corrected chi connectivity index (χ2v) is 4.61. The summed E-state index contributed by atoms with van der Waals surface area (Å²) in [5.74, 6) is 1.27. The van der Waals surface area contributed by atoms with Crippen LogP contribution >= 0.6 is 0 Å². The van der Waals surface area contributed by atoms with Crippen molar-refractivity contribution in [1.82, 2.24) is 4.90 Å². The number of hydrogen-bond donors (Lipinski definition) is 2. The van der Waals surface area contributed by atoms with Crippen molar-refractivity contribution in [3.63, 3.8) is 0 Å². The van der Waals surface area contributed by atoms with Gasteiger partial charge in [0.05, 0.1) is 0 Å². The molecule has 0 aromatic rings. The van der Waals surface area contributed by atoms with Gasteiger partial charge in [-0.15, -0.1) is 0 Å². The van der Waals surface area contributed by atoms with Crippen molar-refractivity contribution in [2.45, 2.75) is 26.2 Å². The van der Waals surface area contributed by atoms with Crippen LogP contribution in [0.15, 0.2) is 0 Å². The SMILES string of the molecule is CC(CO)CN1CCC(CCN)CC1. The summed E-state index contributed by atoms with van der Waals surface area (Å²) >= 11 is 0. The topological polar surface area (TPSA) is 49.5 Å². The summed E-state index contributed by atoms with van der Waals surface area (Å²) in [7, 11) is 0. The first kappa shape index (κ1) is 12.0. The first-order chi connectivity index (χ1) is 6.76. The lowest BCUT2D eigenvalue weighted by atomic mass is 9.93. The van der Waals surface area contributed by atoms with Crippen molar-refractivity contribution in [2.24, 2.45) is 17.6 Å². The van der Waals surface area contributed by atoms with E-state index in [2.05, 4.69) is 11.8 Å². The molecular formula is C11H24N2O. The van der Waals surface area contributed by atoms with Crippen LogP contribution in [0.2, 0.25) is 0 Å². The third-order valence-electron chi connectivity index (χ3n) is 3.16. The molecule has 1 fully saturated rings. The zero-order valence-electron chi connectivity index (χ0n) is 9.28. The van der Waals surface area contributed by atoms with E-state index in [4.69, 9.17) is 10.8 Å². The van der Waals surface area contributed by atoms with Crippen molar-refractivity contribution in [3.05, 3.63) is 0 Å². The predicted octanol–water partition coefficient (Wildman–Crippen LogP) is 0.676. The number of nitrogens with zero attached hydrogens (tertiary/aromatic N) is 1. The highest BCUT2D eigenvalue weighted by molar-refractivity contribution is 4.73. The fourth-order valence-corrected chi connectivity index (χ4v) is 2.19. The van der Waals surface area contributed by atoms with Gasteiger partial charge in [0.2, 0.25) is 0 Å². The highest BCUT2D eigenvalue weighted by Crippen LogP contribution is 2.20.